The van der Waals surface area contributed by atoms with Crippen LogP contribution in [-0.2, 0) is 24.3 Å². The Morgan fingerprint density at radius 2 is 1.33 bits per heavy atom. The highest BCUT2D eigenvalue weighted by Gasteiger charge is 2.27. The van der Waals surface area contributed by atoms with E-state index in [-0.39, 0.29) is 18.4 Å². The zero-order valence-electron chi connectivity index (χ0n) is 28.7. The molecule has 0 heterocycles. The van der Waals surface area contributed by atoms with Crippen molar-refractivity contribution in [1.29, 1.82) is 0 Å². The molecule has 2 atom stereocenters. The van der Waals surface area contributed by atoms with E-state index in [4.69, 9.17) is 9.47 Å². The Kier molecular flexibility index (Phi) is 14.7. The molecule has 0 aliphatic rings. The molecule has 4 aromatic carbocycles. The maximum absolute atomic E-state index is 13.9. The van der Waals surface area contributed by atoms with E-state index in [0.717, 1.165) is 35.3 Å². The maximum Gasteiger partial charge on any atom is 0.407 e. The molecule has 0 spiro atoms. The van der Waals surface area contributed by atoms with Crippen molar-refractivity contribution in [3.63, 3.8) is 0 Å². The van der Waals surface area contributed by atoms with Gasteiger partial charge in [-0.15, -0.1) is 0 Å². The van der Waals surface area contributed by atoms with Crippen molar-refractivity contribution in [3.05, 3.63) is 137 Å². The van der Waals surface area contributed by atoms with Crippen LogP contribution in [0, 0.1) is 0 Å². The number of methoxy groups -OCH3 is 1. The summed E-state index contributed by atoms with van der Waals surface area (Å²) < 4.78 is 11.0. The second kappa shape index (κ2) is 19.6. The number of nitrogens with one attached hydrogen (secondary N) is 3. The van der Waals surface area contributed by atoms with Gasteiger partial charge in [0.2, 0.25) is 0 Å². The van der Waals surface area contributed by atoms with Crippen molar-refractivity contribution in [2.75, 3.05) is 26.7 Å². The minimum atomic E-state index is -0.594. The van der Waals surface area contributed by atoms with Crippen LogP contribution in [0.15, 0.2) is 109 Å². The van der Waals surface area contributed by atoms with Gasteiger partial charge in [-0.05, 0) is 66.3 Å². The molecule has 3 N–H and O–H groups in total. The topological polar surface area (TPSA) is 109 Å². The molecule has 0 aliphatic heterocycles. The van der Waals surface area contributed by atoms with Crippen LogP contribution in [0.5, 0.6) is 5.75 Å². The molecule has 0 saturated heterocycles. The summed E-state index contributed by atoms with van der Waals surface area (Å²) in [5, 5.41) is 9.65. The van der Waals surface area contributed by atoms with Gasteiger partial charge < -0.3 is 30.3 Å². The van der Waals surface area contributed by atoms with E-state index < -0.39 is 18.2 Å². The number of hydrogen-bond donors (Lipinski definition) is 3. The summed E-state index contributed by atoms with van der Waals surface area (Å²) in [7, 11) is 1.63. The summed E-state index contributed by atoms with van der Waals surface area (Å²) in [6.45, 7) is 6.34. The fourth-order valence-electron chi connectivity index (χ4n) is 5.61. The molecule has 258 valence electrons. The third-order valence-corrected chi connectivity index (χ3v) is 8.09. The predicted octanol–water partition coefficient (Wildman–Crippen LogP) is 6.38. The second-order valence-electron chi connectivity index (χ2n) is 11.9. The molecule has 0 radical (unpaired) electrons. The number of alkyl carbamates (subject to hydrolysis) is 1. The van der Waals surface area contributed by atoms with Gasteiger partial charge in [-0.2, -0.15) is 0 Å². The maximum atomic E-state index is 13.9. The Morgan fingerprint density at radius 1 is 0.694 bits per heavy atom. The zero-order chi connectivity index (χ0) is 34.8. The number of carbonyl (C=O) groups is 3. The molecule has 1 unspecified atom stereocenters. The number of ether oxygens (including phenoxy) is 2. The number of benzene rings is 4. The molecule has 0 aliphatic carbocycles. The van der Waals surface area contributed by atoms with Gasteiger partial charge in [0.25, 0.3) is 11.8 Å². The fraction of sp³-hybridized carbons (Fsp3) is 0.325. The summed E-state index contributed by atoms with van der Waals surface area (Å²) in [6, 6.07) is 32.7. The van der Waals surface area contributed by atoms with Crippen LogP contribution in [0.1, 0.15) is 64.1 Å². The number of nitrogens with zero attached hydrogens (tertiary/aromatic N) is 1. The third-order valence-electron chi connectivity index (χ3n) is 8.09. The highest BCUT2D eigenvalue weighted by atomic mass is 16.5. The minimum absolute atomic E-state index is 0.0957. The normalized spacial score (nSPS) is 12.0. The van der Waals surface area contributed by atoms with Crippen LogP contribution < -0.4 is 20.7 Å². The molecule has 4 rings (SSSR count). The predicted molar refractivity (Wildman–Crippen MR) is 193 cm³/mol. The van der Waals surface area contributed by atoms with E-state index in [2.05, 4.69) is 16.0 Å². The lowest BCUT2D eigenvalue weighted by Crippen LogP contribution is -2.56. The monoisotopic (exact) mass is 664 g/mol. The first-order valence-electron chi connectivity index (χ1n) is 16.9. The van der Waals surface area contributed by atoms with Crippen LogP contribution in [0.3, 0.4) is 0 Å². The first-order valence-corrected chi connectivity index (χ1v) is 16.9. The molecule has 0 fully saturated rings. The zero-order valence-corrected chi connectivity index (χ0v) is 28.7. The van der Waals surface area contributed by atoms with Crippen LogP contribution in [-0.4, -0.2) is 61.6 Å². The summed E-state index contributed by atoms with van der Waals surface area (Å²) in [4.78, 5) is 42.3. The molecule has 49 heavy (non-hydrogen) atoms. The van der Waals surface area contributed by atoms with Crippen molar-refractivity contribution in [1.82, 2.24) is 20.9 Å². The Morgan fingerprint density at radius 3 is 2.00 bits per heavy atom. The van der Waals surface area contributed by atoms with E-state index in [1.807, 2.05) is 104 Å². The van der Waals surface area contributed by atoms with Gasteiger partial charge in [0.1, 0.15) is 12.4 Å². The fourth-order valence-corrected chi connectivity index (χ4v) is 5.61. The lowest BCUT2D eigenvalue weighted by atomic mass is 9.98. The smallest absolute Gasteiger partial charge is 0.407 e. The van der Waals surface area contributed by atoms with Gasteiger partial charge in [-0.1, -0.05) is 92.7 Å². The largest absolute Gasteiger partial charge is 0.497 e. The van der Waals surface area contributed by atoms with E-state index in [9.17, 15) is 14.4 Å². The second-order valence-corrected chi connectivity index (χ2v) is 11.9. The molecule has 0 bridgehead atoms. The first kappa shape index (κ1) is 36.7. The quantitative estimate of drug-likeness (QED) is 0.114. The van der Waals surface area contributed by atoms with Crippen molar-refractivity contribution in [2.45, 2.75) is 58.3 Å². The van der Waals surface area contributed by atoms with Crippen molar-refractivity contribution in [3.8, 4) is 5.75 Å². The SMILES string of the molecule is CCCN(CCC)C(=O)c1cccc(C(=O)N[C@@H](Cc2ccccc2)C(CNCc2cccc(OC)c2)NC(=O)OCc2ccccc2)c1. The molecule has 9 nitrogen and oxygen atoms in total. The Labute approximate surface area is 290 Å². The van der Waals surface area contributed by atoms with Gasteiger partial charge >= 0.3 is 6.09 Å². The van der Waals surface area contributed by atoms with E-state index >= 15 is 0 Å². The molecular formula is C40H48N4O5. The van der Waals surface area contributed by atoms with Crippen molar-refractivity contribution >= 4 is 17.9 Å². The molecular weight excluding hydrogens is 616 g/mol. The molecule has 0 aromatic heterocycles. The minimum Gasteiger partial charge on any atom is -0.497 e. The highest BCUT2D eigenvalue weighted by Crippen LogP contribution is 2.15. The Balaban J connectivity index is 1.57. The van der Waals surface area contributed by atoms with E-state index in [1.165, 1.54) is 0 Å². The van der Waals surface area contributed by atoms with Crippen molar-refractivity contribution in [2.24, 2.45) is 0 Å². The summed E-state index contributed by atoms with van der Waals surface area (Å²) >= 11 is 0. The van der Waals surface area contributed by atoms with E-state index in [1.54, 1.807) is 31.4 Å². The van der Waals surface area contributed by atoms with Gasteiger partial charge in [-0.3, -0.25) is 9.59 Å². The van der Waals surface area contributed by atoms with Crippen LogP contribution in [0.25, 0.3) is 0 Å². The lowest BCUT2D eigenvalue weighted by Gasteiger charge is -2.29. The standard InChI is InChI=1S/C40H48N4O5/c1-4-22-44(23-5-2)39(46)34-20-13-19-33(26-34)38(45)42-36(25-30-14-8-6-9-15-30)37(28-41-27-32-18-12-21-35(24-32)48-3)43-40(47)49-29-31-16-10-7-11-17-31/h6-21,24,26,36-37,41H,4-5,22-23,25,27-29H2,1-3H3,(H,42,45)(H,43,47)/t36-,37?/m0/s1. The average molecular weight is 665 g/mol. The van der Waals surface area contributed by atoms with Crippen molar-refractivity contribution < 1.29 is 23.9 Å². The molecule has 9 heteroatoms. The highest BCUT2D eigenvalue weighted by molar-refractivity contribution is 5.99. The Hall–Kier alpha value is -5.15. The summed E-state index contributed by atoms with van der Waals surface area (Å²) in [5.74, 6) is 0.313. The van der Waals surface area contributed by atoms with Gasteiger partial charge in [0.05, 0.1) is 19.2 Å². The van der Waals surface area contributed by atoms with Crippen LogP contribution in [0.2, 0.25) is 0 Å². The van der Waals surface area contributed by atoms with Gasteiger partial charge in [0, 0.05) is 37.3 Å². The Bertz CT molecular complexity index is 1610. The number of carbonyl (C=O) groups excluding carboxylic acids is 3. The molecule has 4 aromatic rings. The van der Waals surface area contributed by atoms with Crippen LogP contribution >= 0.6 is 0 Å². The first-order chi connectivity index (χ1) is 23.9. The van der Waals surface area contributed by atoms with E-state index in [0.29, 0.717) is 43.7 Å². The summed E-state index contributed by atoms with van der Waals surface area (Å²) in [5.41, 5.74) is 3.70. The number of rotatable bonds is 18. The van der Waals surface area contributed by atoms with Crippen LogP contribution in [0.4, 0.5) is 4.79 Å². The third kappa shape index (κ3) is 11.8. The average Bonchev–Trinajstić information content (AvgIpc) is 3.14. The molecule has 0 saturated carbocycles. The number of hydrogen-bond acceptors (Lipinski definition) is 6. The van der Waals surface area contributed by atoms with Gasteiger partial charge in [-0.25, -0.2) is 4.79 Å². The molecule has 3 amide bonds. The summed E-state index contributed by atoms with van der Waals surface area (Å²) in [6.07, 6.45) is 1.54. The lowest BCUT2D eigenvalue weighted by molar-refractivity contribution is 0.0755. The van der Waals surface area contributed by atoms with Gasteiger partial charge in [0.15, 0.2) is 0 Å². The number of amides is 3.